The molecule has 164 valence electrons. The number of para-hydroxylation sites is 3. The zero-order valence-corrected chi connectivity index (χ0v) is 19.5. The van der Waals surface area contributed by atoms with Crippen LogP contribution in [0.25, 0.3) is 70.0 Å². The summed E-state index contributed by atoms with van der Waals surface area (Å²) in [6.45, 7) is 0. The van der Waals surface area contributed by atoms with Crippen molar-refractivity contribution in [2.45, 2.75) is 0 Å². The van der Waals surface area contributed by atoms with Gasteiger partial charge in [0.15, 0.2) is 4.90 Å². The summed E-state index contributed by atoms with van der Waals surface area (Å²) in [4.78, 5) is 0.998. The molecule has 35 heavy (non-hydrogen) atoms. The Morgan fingerprint density at radius 3 is 2.03 bits per heavy atom. The molecule has 0 saturated carbocycles. The summed E-state index contributed by atoms with van der Waals surface area (Å²) in [5, 5.41) is 6.23. The minimum atomic E-state index is 0.953. The molecule has 5 aromatic carbocycles. The summed E-state index contributed by atoms with van der Waals surface area (Å²) in [5.41, 5.74) is 7.00. The smallest absolute Gasteiger partial charge is 0.190 e. The normalized spacial score (nSPS) is 12.0. The van der Waals surface area contributed by atoms with Crippen molar-refractivity contribution < 1.29 is 4.42 Å². The molecule has 3 aromatic heterocycles. The van der Waals surface area contributed by atoms with Crippen molar-refractivity contribution in [1.82, 2.24) is 4.57 Å². The molecular weight excluding hydrogens is 446 g/mol. The van der Waals surface area contributed by atoms with Crippen LogP contribution in [0.4, 0.5) is 0 Å². The lowest BCUT2D eigenvalue weighted by molar-refractivity contribution is 0.678. The standard InChI is InChI=1S/C32H19NOS/c1-4-13-27-23(10-1)24-11-2-5-14-28(24)33(27)22-9-7-8-20(18-22)21-16-17-30-26(19-21)31-25-12-3-6-15-29(25)34-32(31)35-30/h1-19H. The van der Waals surface area contributed by atoms with E-state index in [0.717, 1.165) is 10.5 Å². The van der Waals surface area contributed by atoms with E-state index in [-0.39, 0.29) is 0 Å². The van der Waals surface area contributed by atoms with Gasteiger partial charge in [-0.15, -0.1) is 0 Å². The summed E-state index contributed by atoms with van der Waals surface area (Å²) < 4.78 is 9.78. The number of thiophene rings is 1. The Kier molecular flexibility index (Phi) is 3.85. The van der Waals surface area contributed by atoms with E-state index in [2.05, 4.69) is 108 Å². The second kappa shape index (κ2) is 7.08. The molecule has 0 aliphatic carbocycles. The molecule has 8 rings (SSSR count). The Morgan fingerprint density at radius 2 is 1.23 bits per heavy atom. The zero-order valence-electron chi connectivity index (χ0n) is 18.7. The monoisotopic (exact) mass is 465 g/mol. The maximum Gasteiger partial charge on any atom is 0.190 e. The number of aromatic nitrogens is 1. The fourth-order valence-electron chi connectivity index (χ4n) is 5.47. The van der Waals surface area contributed by atoms with Crippen molar-refractivity contribution in [2.24, 2.45) is 0 Å². The van der Waals surface area contributed by atoms with Crippen LogP contribution in [-0.4, -0.2) is 4.57 Å². The molecule has 0 spiro atoms. The first-order valence-corrected chi connectivity index (χ1v) is 12.6. The molecule has 0 saturated heterocycles. The van der Waals surface area contributed by atoms with E-state index < -0.39 is 0 Å². The third-order valence-electron chi connectivity index (χ3n) is 7.03. The molecule has 0 aliphatic rings. The first kappa shape index (κ1) is 19.0. The van der Waals surface area contributed by atoms with Crippen molar-refractivity contribution in [3.63, 3.8) is 0 Å². The molecule has 2 nitrogen and oxygen atoms in total. The lowest BCUT2D eigenvalue weighted by Crippen LogP contribution is -1.94. The van der Waals surface area contributed by atoms with Crippen LogP contribution in [-0.2, 0) is 0 Å². The van der Waals surface area contributed by atoms with E-state index in [1.54, 1.807) is 11.3 Å². The molecular formula is C32H19NOS. The Labute approximate surface area is 205 Å². The van der Waals surface area contributed by atoms with Crippen molar-refractivity contribution >= 4 is 64.5 Å². The first-order chi connectivity index (χ1) is 17.3. The Morgan fingerprint density at radius 1 is 0.543 bits per heavy atom. The second-order valence-electron chi connectivity index (χ2n) is 8.99. The van der Waals surface area contributed by atoms with E-state index in [9.17, 15) is 0 Å². The van der Waals surface area contributed by atoms with Gasteiger partial charge in [-0.1, -0.05) is 84.1 Å². The number of benzene rings is 5. The Bertz CT molecular complexity index is 2020. The first-order valence-electron chi connectivity index (χ1n) is 11.8. The van der Waals surface area contributed by atoms with Gasteiger partial charge in [-0.05, 0) is 53.6 Å². The maximum absolute atomic E-state index is 6.15. The van der Waals surface area contributed by atoms with Crippen LogP contribution >= 0.6 is 11.3 Å². The summed E-state index contributed by atoms with van der Waals surface area (Å²) in [7, 11) is 0. The van der Waals surface area contributed by atoms with Crippen LogP contribution in [0.1, 0.15) is 0 Å². The summed E-state index contributed by atoms with van der Waals surface area (Å²) in [5.74, 6) is 0. The SMILES string of the molecule is c1cc(-c2ccc3sc4oc5ccccc5c4c3c2)cc(-n2c3ccccc3c3ccccc32)c1. The predicted molar refractivity (Wildman–Crippen MR) is 149 cm³/mol. The lowest BCUT2D eigenvalue weighted by atomic mass is 10.0. The van der Waals surface area contributed by atoms with Gasteiger partial charge in [-0.2, -0.15) is 0 Å². The van der Waals surface area contributed by atoms with Gasteiger partial charge in [0, 0.05) is 37.3 Å². The number of hydrogen-bond donors (Lipinski definition) is 0. The summed E-state index contributed by atoms with van der Waals surface area (Å²) >= 11 is 1.72. The molecule has 0 fully saturated rings. The molecule has 0 aliphatic heterocycles. The highest BCUT2D eigenvalue weighted by Crippen LogP contribution is 2.42. The van der Waals surface area contributed by atoms with E-state index in [1.165, 1.54) is 59.5 Å². The molecule has 8 aromatic rings. The maximum atomic E-state index is 6.15. The molecule has 3 heteroatoms. The van der Waals surface area contributed by atoms with E-state index in [0.29, 0.717) is 0 Å². The minimum Gasteiger partial charge on any atom is -0.445 e. The number of fused-ring (bicyclic) bond motifs is 8. The van der Waals surface area contributed by atoms with Gasteiger partial charge in [0.05, 0.1) is 11.0 Å². The zero-order chi connectivity index (χ0) is 22.9. The number of furan rings is 1. The third-order valence-corrected chi connectivity index (χ3v) is 8.08. The third kappa shape index (κ3) is 2.70. The predicted octanol–water partition coefficient (Wildman–Crippen LogP) is 9.56. The van der Waals surface area contributed by atoms with Crippen molar-refractivity contribution in [3.05, 3.63) is 115 Å². The van der Waals surface area contributed by atoms with Gasteiger partial charge in [0.1, 0.15) is 5.58 Å². The topological polar surface area (TPSA) is 18.1 Å². The quantitative estimate of drug-likeness (QED) is 0.248. The van der Waals surface area contributed by atoms with Gasteiger partial charge < -0.3 is 8.98 Å². The van der Waals surface area contributed by atoms with E-state index in [1.807, 2.05) is 12.1 Å². The van der Waals surface area contributed by atoms with E-state index >= 15 is 0 Å². The summed E-state index contributed by atoms with van der Waals surface area (Å²) in [6, 6.07) is 41.3. The average molecular weight is 466 g/mol. The van der Waals surface area contributed by atoms with Gasteiger partial charge in [0.2, 0.25) is 0 Å². The number of rotatable bonds is 2. The van der Waals surface area contributed by atoms with Crippen LogP contribution in [0.15, 0.2) is 120 Å². The Hall–Kier alpha value is -4.34. The Balaban J connectivity index is 1.35. The van der Waals surface area contributed by atoms with Crippen LogP contribution in [0.3, 0.4) is 0 Å². The fourth-order valence-corrected chi connectivity index (χ4v) is 6.53. The summed E-state index contributed by atoms with van der Waals surface area (Å²) in [6.07, 6.45) is 0. The van der Waals surface area contributed by atoms with Crippen molar-refractivity contribution in [2.75, 3.05) is 0 Å². The minimum absolute atomic E-state index is 0.953. The second-order valence-corrected chi connectivity index (χ2v) is 10.0. The van der Waals surface area contributed by atoms with Crippen LogP contribution in [0.5, 0.6) is 0 Å². The van der Waals surface area contributed by atoms with Gasteiger partial charge in [0.25, 0.3) is 0 Å². The highest BCUT2D eigenvalue weighted by molar-refractivity contribution is 7.25. The fraction of sp³-hybridized carbons (Fsp3) is 0. The number of nitrogens with zero attached hydrogens (tertiary/aromatic N) is 1. The van der Waals surface area contributed by atoms with Gasteiger partial charge in [-0.3, -0.25) is 0 Å². The van der Waals surface area contributed by atoms with E-state index in [4.69, 9.17) is 4.42 Å². The highest BCUT2D eigenvalue weighted by Gasteiger charge is 2.15. The van der Waals surface area contributed by atoms with Gasteiger partial charge in [-0.25, -0.2) is 0 Å². The molecule has 0 radical (unpaired) electrons. The molecule has 0 amide bonds. The molecule has 0 atom stereocenters. The molecule has 0 N–H and O–H groups in total. The van der Waals surface area contributed by atoms with Crippen molar-refractivity contribution in [3.8, 4) is 16.8 Å². The van der Waals surface area contributed by atoms with Gasteiger partial charge >= 0.3 is 0 Å². The number of hydrogen-bond acceptors (Lipinski definition) is 2. The van der Waals surface area contributed by atoms with Crippen molar-refractivity contribution in [1.29, 1.82) is 0 Å². The van der Waals surface area contributed by atoms with Crippen LogP contribution in [0, 0.1) is 0 Å². The van der Waals surface area contributed by atoms with Crippen LogP contribution in [0.2, 0.25) is 0 Å². The largest absolute Gasteiger partial charge is 0.445 e. The highest BCUT2D eigenvalue weighted by atomic mass is 32.1. The molecule has 3 heterocycles. The molecule has 0 bridgehead atoms. The average Bonchev–Trinajstić information content (AvgIpc) is 3.56. The van der Waals surface area contributed by atoms with Crippen LogP contribution < -0.4 is 0 Å². The lowest BCUT2D eigenvalue weighted by Gasteiger charge is -2.10. The molecule has 0 unspecified atom stereocenters.